The lowest BCUT2D eigenvalue weighted by Crippen LogP contribution is -2.19. The van der Waals surface area contributed by atoms with Crippen LogP contribution in [0.3, 0.4) is 0 Å². The van der Waals surface area contributed by atoms with E-state index in [9.17, 15) is 4.79 Å². The van der Waals surface area contributed by atoms with Gasteiger partial charge in [-0.2, -0.15) is 0 Å². The monoisotopic (exact) mass is 286 g/mol. The first kappa shape index (κ1) is 13.0. The Morgan fingerprint density at radius 1 is 1.15 bits per heavy atom. The molecule has 102 valence electrons. The Bertz CT molecular complexity index is 697. The molecule has 2 N–H and O–H groups in total. The molecule has 0 saturated heterocycles. The van der Waals surface area contributed by atoms with Crippen LogP contribution in [-0.2, 0) is 4.79 Å². The van der Waals surface area contributed by atoms with E-state index >= 15 is 0 Å². The highest BCUT2D eigenvalue weighted by Crippen LogP contribution is 2.34. The smallest absolute Gasteiger partial charge is 0.251 e. The van der Waals surface area contributed by atoms with Gasteiger partial charge in [0.05, 0.1) is 0 Å². The number of hydrogen-bond acceptors (Lipinski definition) is 2. The molecule has 0 fully saturated rings. The molecule has 1 amide bonds. The lowest BCUT2D eigenvalue weighted by atomic mass is 10.0. The Morgan fingerprint density at radius 2 is 1.95 bits per heavy atom. The van der Waals surface area contributed by atoms with E-state index in [0.29, 0.717) is 5.02 Å². The van der Waals surface area contributed by atoms with Crippen molar-refractivity contribution in [3.63, 3.8) is 0 Å². The zero-order valence-corrected chi connectivity index (χ0v) is 12.1. The maximum atomic E-state index is 12.1. The lowest BCUT2D eigenvalue weighted by molar-refractivity contribution is -0.116. The maximum absolute atomic E-state index is 12.1. The third-order valence-corrected chi connectivity index (χ3v) is 3.93. The van der Waals surface area contributed by atoms with Gasteiger partial charge in [-0.1, -0.05) is 35.4 Å². The summed E-state index contributed by atoms with van der Waals surface area (Å²) < 4.78 is 0. The number of rotatable bonds is 2. The predicted octanol–water partition coefficient (Wildman–Crippen LogP) is 4.06. The molecule has 2 aromatic carbocycles. The molecule has 1 aliphatic heterocycles. The first-order valence-electron chi connectivity index (χ1n) is 6.49. The molecular formula is C16H15ClN2O. The zero-order chi connectivity index (χ0) is 14.3. The molecule has 0 spiro atoms. The van der Waals surface area contributed by atoms with Crippen molar-refractivity contribution in [1.82, 2.24) is 0 Å². The Morgan fingerprint density at radius 3 is 2.70 bits per heavy atom. The average Bonchev–Trinajstić information content (AvgIpc) is 2.70. The van der Waals surface area contributed by atoms with Gasteiger partial charge in [0, 0.05) is 22.0 Å². The molecule has 1 atom stereocenters. The minimum atomic E-state index is -0.372. The highest BCUT2D eigenvalue weighted by molar-refractivity contribution is 6.31. The number of amides is 1. The number of hydrogen-bond donors (Lipinski definition) is 2. The van der Waals surface area contributed by atoms with Gasteiger partial charge in [-0.25, -0.2) is 0 Å². The summed E-state index contributed by atoms with van der Waals surface area (Å²) in [5.41, 5.74) is 4.84. The number of carbonyl (C=O) groups is 1. The molecule has 0 aromatic heterocycles. The molecule has 20 heavy (non-hydrogen) atoms. The van der Waals surface area contributed by atoms with E-state index in [4.69, 9.17) is 11.6 Å². The highest BCUT2D eigenvalue weighted by atomic mass is 35.5. The van der Waals surface area contributed by atoms with Gasteiger partial charge in [-0.05, 0) is 37.6 Å². The zero-order valence-electron chi connectivity index (χ0n) is 11.3. The van der Waals surface area contributed by atoms with Crippen LogP contribution in [0, 0.1) is 13.8 Å². The molecule has 1 unspecified atom stereocenters. The van der Waals surface area contributed by atoms with E-state index in [-0.39, 0.29) is 11.9 Å². The van der Waals surface area contributed by atoms with Gasteiger partial charge < -0.3 is 10.6 Å². The minimum Gasteiger partial charge on any atom is -0.370 e. The van der Waals surface area contributed by atoms with E-state index < -0.39 is 0 Å². The number of nitrogens with one attached hydrogen (secondary N) is 2. The number of aryl methyl sites for hydroxylation is 2. The van der Waals surface area contributed by atoms with E-state index in [1.165, 1.54) is 0 Å². The van der Waals surface area contributed by atoms with Crippen molar-refractivity contribution in [3.05, 3.63) is 58.1 Å². The summed E-state index contributed by atoms with van der Waals surface area (Å²) >= 11 is 6.12. The lowest BCUT2D eigenvalue weighted by Gasteiger charge is -2.14. The van der Waals surface area contributed by atoms with Gasteiger partial charge >= 0.3 is 0 Å². The van der Waals surface area contributed by atoms with Crippen LogP contribution < -0.4 is 10.6 Å². The minimum absolute atomic E-state index is 0.0395. The Hall–Kier alpha value is -2.00. The number of fused-ring (bicyclic) bond motifs is 1. The van der Waals surface area contributed by atoms with Crippen LogP contribution in [0.2, 0.25) is 5.02 Å². The number of halogens is 1. The van der Waals surface area contributed by atoms with E-state index in [1.54, 1.807) is 0 Å². The predicted molar refractivity (Wildman–Crippen MR) is 82.4 cm³/mol. The van der Waals surface area contributed by atoms with E-state index in [0.717, 1.165) is 28.1 Å². The Kier molecular flexibility index (Phi) is 3.14. The van der Waals surface area contributed by atoms with Crippen molar-refractivity contribution in [2.45, 2.75) is 19.9 Å². The molecule has 0 bridgehead atoms. The normalized spacial score (nSPS) is 16.8. The van der Waals surface area contributed by atoms with Crippen LogP contribution in [0.1, 0.15) is 22.7 Å². The highest BCUT2D eigenvalue weighted by Gasteiger charge is 2.30. The standard InChI is InChI=1S/C16H15ClN2O/c1-9-3-6-14-12(7-9)15(16(20)19-14)18-11-5-4-10(2)13(17)8-11/h3-8,15,18H,1-2H3,(H,19,20). The summed E-state index contributed by atoms with van der Waals surface area (Å²) in [5, 5.41) is 6.82. The molecular weight excluding hydrogens is 272 g/mol. The second-order valence-electron chi connectivity index (χ2n) is 5.12. The molecule has 1 heterocycles. The fraction of sp³-hybridized carbons (Fsp3) is 0.188. The first-order chi connectivity index (χ1) is 9.54. The van der Waals surface area contributed by atoms with Crippen molar-refractivity contribution in [1.29, 1.82) is 0 Å². The molecule has 2 aromatic rings. The third kappa shape index (κ3) is 2.25. The summed E-state index contributed by atoms with van der Waals surface area (Å²) in [4.78, 5) is 12.1. The summed E-state index contributed by atoms with van der Waals surface area (Å²) in [5.74, 6) is -0.0395. The summed E-state index contributed by atoms with van der Waals surface area (Å²) in [6, 6.07) is 11.3. The largest absolute Gasteiger partial charge is 0.370 e. The molecule has 1 aliphatic rings. The fourth-order valence-electron chi connectivity index (χ4n) is 2.37. The molecule has 0 radical (unpaired) electrons. The summed E-state index contributed by atoms with van der Waals surface area (Å²) in [6.07, 6.45) is 0. The van der Waals surface area contributed by atoms with Crippen molar-refractivity contribution in [3.8, 4) is 0 Å². The Labute approximate surface area is 123 Å². The topological polar surface area (TPSA) is 41.1 Å². The Balaban J connectivity index is 1.93. The van der Waals surface area contributed by atoms with Crippen LogP contribution in [0.4, 0.5) is 11.4 Å². The maximum Gasteiger partial charge on any atom is 0.251 e. The van der Waals surface area contributed by atoms with Crippen molar-refractivity contribution in [2.75, 3.05) is 10.6 Å². The number of benzene rings is 2. The van der Waals surface area contributed by atoms with Gasteiger partial charge in [-0.3, -0.25) is 4.79 Å². The number of anilines is 2. The van der Waals surface area contributed by atoms with E-state index in [2.05, 4.69) is 10.6 Å². The van der Waals surface area contributed by atoms with Crippen molar-refractivity contribution < 1.29 is 4.79 Å². The summed E-state index contributed by atoms with van der Waals surface area (Å²) in [6.45, 7) is 3.97. The third-order valence-electron chi connectivity index (χ3n) is 3.52. The second-order valence-corrected chi connectivity index (χ2v) is 5.53. The second kappa shape index (κ2) is 4.84. The van der Waals surface area contributed by atoms with Crippen LogP contribution in [0.5, 0.6) is 0 Å². The SMILES string of the molecule is Cc1ccc2c(c1)C(Nc1ccc(C)c(Cl)c1)C(=O)N2. The van der Waals surface area contributed by atoms with Gasteiger partial charge in [0.25, 0.3) is 5.91 Å². The van der Waals surface area contributed by atoms with Gasteiger partial charge in [0.2, 0.25) is 0 Å². The average molecular weight is 287 g/mol. The van der Waals surface area contributed by atoms with Gasteiger partial charge in [0.15, 0.2) is 0 Å². The van der Waals surface area contributed by atoms with Crippen LogP contribution >= 0.6 is 11.6 Å². The molecule has 0 aliphatic carbocycles. The summed E-state index contributed by atoms with van der Waals surface area (Å²) in [7, 11) is 0. The molecule has 4 heteroatoms. The van der Waals surface area contributed by atoms with Crippen molar-refractivity contribution >= 4 is 28.9 Å². The van der Waals surface area contributed by atoms with Crippen LogP contribution in [0.15, 0.2) is 36.4 Å². The molecule has 3 rings (SSSR count). The number of carbonyl (C=O) groups excluding carboxylic acids is 1. The fourth-order valence-corrected chi connectivity index (χ4v) is 2.55. The van der Waals surface area contributed by atoms with E-state index in [1.807, 2.05) is 50.2 Å². The van der Waals surface area contributed by atoms with Gasteiger partial charge in [0.1, 0.15) is 6.04 Å². The van der Waals surface area contributed by atoms with Crippen LogP contribution in [-0.4, -0.2) is 5.91 Å². The molecule has 3 nitrogen and oxygen atoms in total. The van der Waals surface area contributed by atoms with Crippen LogP contribution in [0.25, 0.3) is 0 Å². The quantitative estimate of drug-likeness (QED) is 0.874. The van der Waals surface area contributed by atoms with Crippen molar-refractivity contribution in [2.24, 2.45) is 0 Å². The van der Waals surface area contributed by atoms with Gasteiger partial charge in [-0.15, -0.1) is 0 Å². The first-order valence-corrected chi connectivity index (χ1v) is 6.86. The molecule has 0 saturated carbocycles.